The van der Waals surface area contributed by atoms with Gasteiger partial charge in [0.2, 0.25) is 0 Å². The fourth-order valence-electron chi connectivity index (χ4n) is 2.28. The molecule has 6 heteroatoms. The zero-order chi connectivity index (χ0) is 15.6. The maximum Gasteiger partial charge on any atom is 0.311 e. The van der Waals surface area contributed by atoms with Crippen molar-refractivity contribution in [3.8, 4) is 0 Å². The molecule has 0 aliphatic rings. The van der Waals surface area contributed by atoms with Crippen molar-refractivity contribution in [3.63, 3.8) is 0 Å². The van der Waals surface area contributed by atoms with Crippen molar-refractivity contribution in [1.82, 2.24) is 9.78 Å². The number of aromatic nitrogens is 2. The molecule has 0 fully saturated rings. The summed E-state index contributed by atoms with van der Waals surface area (Å²) in [6, 6.07) is 7.31. The van der Waals surface area contributed by atoms with Crippen molar-refractivity contribution in [2.45, 2.75) is 25.7 Å². The normalized spacial score (nSPS) is 12.4. The van der Waals surface area contributed by atoms with Gasteiger partial charge in [0.1, 0.15) is 0 Å². The van der Waals surface area contributed by atoms with Gasteiger partial charge in [-0.2, -0.15) is 5.10 Å². The molecule has 0 radical (unpaired) electrons. The first kappa shape index (κ1) is 16.0. The van der Waals surface area contributed by atoms with Gasteiger partial charge in [0, 0.05) is 17.9 Å². The summed E-state index contributed by atoms with van der Waals surface area (Å²) in [5.74, 6) is -1.51. The van der Waals surface area contributed by atoms with Crippen LogP contribution in [0.25, 0.3) is 0 Å². The molecule has 21 heavy (non-hydrogen) atoms. The van der Waals surface area contributed by atoms with E-state index in [0.717, 1.165) is 27.8 Å². The molecule has 112 valence electrons. The molecule has 1 unspecified atom stereocenters. The Hall–Kier alpha value is -1.33. The van der Waals surface area contributed by atoms with E-state index in [9.17, 15) is 9.90 Å². The highest BCUT2D eigenvalue weighted by molar-refractivity contribution is 9.10. The lowest BCUT2D eigenvalue weighted by atomic mass is 9.94. The molecule has 1 atom stereocenters. The van der Waals surface area contributed by atoms with E-state index in [4.69, 9.17) is 11.6 Å². The van der Waals surface area contributed by atoms with Crippen molar-refractivity contribution in [1.29, 1.82) is 0 Å². The first-order valence-corrected chi connectivity index (χ1v) is 7.79. The first-order chi connectivity index (χ1) is 9.93. The molecule has 0 bridgehead atoms. The highest BCUT2D eigenvalue weighted by atomic mass is 79.9. The number of aryl methyl sites for hydroxylation is 2. The molecular formula is C15H16BrClN2O2. The third-order valence-electron chi connectivity index (χ3n) is 3.47. The maximum absolute atomic E-state index is 11.6. The Bertz CT molecular complexity index is 652. The SMILES string of the molecule is CCc1nn(C)c(CC(C(=O)O)c2ccc(Br)cc2)c1Cl. The lowest BCUT2D eigenvalue weighted by Gasteiger charge is -2.13. The Morgan fingerprint density at radius 1 is 1.43 bits per heavy atom. The van der Waals surface area contributed by atoms with Gasteiger partial charge in [-0.25, -0.2) is 0 Å². The fourth-order valence-corrected chi connectivity index (χ4v) is 2.91. The van der Waals surface area contributed by atoms with Crippen LogP contribution in [0.3, 0.4) is 0 Å². The van der Waals surface area contributed by atoms with E-state index >= 15 is 0 Å². The van der Waals surface area contributed by atoms with E-state index in [0.29, 0.717) is 11.4 Å². The molecule has 0 amide bonds. The van der Waals surface area contributed by atoms with Crippen molar-refractivity contribution >= 4 is 33.5 Å². The lowest BCUT2D eigenvalue weighted by Crippen LogP contribution is -2.16. The summed E-state index contributed by atoms with van der Waals surface area (Å²) in [6.07, 6.45) is 1.04. The highest BCUT2D eigenvalue weighted by Gasteiger charge is 2.24. The number of aliphatic carboxylic acids is 1. The highest BCUT2D eigenvalue weighted by Crippen LogP contribution is 2.28. The van der Waals surface area contributed by atoms with Crippen LogP contribution in [0.1, 0.15) is 29.8 Å². The number of hydrogen-bond acceptors (Lipinski definition) is 2. The molecule has 0 spiro atoms. The summed E-state index contributed by atoms with van der Waals surface area (Å²) in [5.41, 5.74) is 2.30. The second kappa shape index (κ2) is 6.62. The Labute approximate surface area is 136 Å². The van der Waals surface area contributed by atoms with Crippen molar-refractivity contribution in [3.05, 3.63) is 50.7 Å². The maximum atomic E-state index is 11.6. The number of carboxylic acids is 1. The Kier molecular flexibility index (Phi) is 5.06. The Balaban J connectivity index is 2.35. The van der Waals surface area contributed by atoms with Gasteiger partial charge in [-0.15, -0.1) is 0 Å². The number of halogens is 2. The second-order valence-corrected chi connectivity index (χ2v) is 6.12. The van der Waals surface area contributed by atoms with Crippen molar-refractivity contribution in [2.75, 3.05) is 0 Å². The minimum Gasteiger partial charge on any atom is -0.481 e. The second-order valence-electron chi connectivity index (χ2n) is 4.83. The van der Waals surface area contributed by atoms with Crippen LogP contribution in [0.4, 0.5) is 0 Å². The van der Waals surface area contributed by atoms with Gasteiger partial charge >= 0.3 is 5.97 Å². The van der Waals surface area contributed by atoms with Crippen LogP contribution in [-0.2, 0) is 24.7 Å². The monoisotopic (exact) mass is 370 g/mol. The minimum atomic E-state index is -0.868. The van der Waals surface area contributed by atoms with E-state index < -0.39 is 11.9 Å². The number of carbonyl (C=O) groups is 1. The van der Waals surface area contributed by atoms with Gasteiger partial charge in [-0.05, 0) is 24.1 Å². The van der Waals surface area contributed by atoms with E-state index in [1.807, 2.05) is 31.2 Å². The predicted octanol–water partition coefficient (Wildman–Crippen LogP) is 3.81. The van der Waals surface area contributed by atoms with Crippen LogP contribution >= 0.6 is 27.5 Å². The third kappa shape index (κ3) is 3.47. The number of benzene rings is 1. The zero-order valence-electron chi connectivity index (χ0n) is 11.8. The summed E-state index contributed by atoms with van der Waals surface area (Å²) < 4.78 is 2.60. The van der Waals surface area contributed by atoms with Gasteiger partial charge in [0.05, 0.1) is 22.3 Å². The van der Waals surface area contributed by atoms with Gasteiger partial charge in [-0.1, -0.05) is 46.6 Å². The molecule has 2 rings (SSSR count). The molecule has 0 saturated heterocycles. The number of carboxylic acid groups (broad SMARTS) is 1. The Morgan fingerprint density at radius 2 is 2.05 bits per heavy atom. The van der Waals surface area contributed by atoms with Crippen molar-refractivity contribution < 1.29 is 9.90 Å². The number of nitrogens with zero attached hydrogens (tertiary/aromatic N) is 2. The van der Waals surface area contributed by atoms with Crippen LogP contribution in [0.2, 0.25) is 5.02 Å². The zero-order valence-corrected chi connectivity index (χ0v) is 14.1. The summed E-state index contributed by atoms with van der Waals surface area (Å²) >= 11 is 9.66. The quantitative estimate of drug-likeness (QED) is 0.869. The molecular weight excluding hydrogens is 356 g/mol. The molecule has 2 aromatic rings. The molecule has 1 aromatic carbocycles. The van der Waals surface area contributed by atoms with Gasteiger partial charge in [-0.3, -0.25) is 9.48 Å². The van der Waals surface area contributed by atoms with Crippen LogP contribution in [-0.4, -0.2) is 20.9 Å². The van der Waals surface area contributed by atoms with Gasteiger partial charge < -0.3 is 5.11 Å². The van der Waals surface area contributed by atoms with Crippen LogP contribution in [0.15, 0.2) is 28.7 Å². The molecule has 0 saturated carbocycles. The molecule has 0 aliphatic heterocycles. The molecule has 0 aliphatic carbocycles. The fraction of sp³-hybridized carbons (Fsp3) is 0.333. The molecule has 1 N–H and O–H groups in total. The standard InChI is InChI=1S/C15H16BrClN2O2/c1-3-12-14(17)13(19(2)18-12)8-11(15(20)21)9-4-6-10(16)7-5-9/h4-7,11H,3,8H2,1-2H3,(H,20,21). The van der Waals surface area contributed by atoms with Gasteiger partial charge in [0.15, 0.2) is 0 Å². The van der Waals surface area contributed by atoms with Gasteiger partial charge in [0.25, 0.3) is 0 Å². The summed E-state index contributed by atoms with van der Waals surface area (Å²) in [5, 5.41) is 14.4. The minimum absolute atomic E-state index is 0.319. The van der Waals surface area contributed by atoms with E-state index in [1.165, 1.54) is 0 Å². The molecule has 1 aromatic heterocycles. The predicted molar refractivity (Wildman–Crippen MR) is 85.8 cm³/mol. The summed E-state index contributed by atoms with van der Waals surface area (Å²) in [7, 11) is 1.79. The third-order valence-corrected chi connectivity index (χ3v) is 4.44. The Morgan fingerprint density at radius 3 is 2.52 bits per heavy atom. The largest absolute Gasteiger partial charge is 0.481 e. The number of rotatable bonds is 5. The topological polar surface area (TPSA) is 55.1 Å². The van der Waals surface area contributed by atoms with E-state index in [2.05, 4.69) is 21.0 Å². The summed E-state index contributed by atoms with van der Waals surface area (Å²) in [4.78, 5) is 11.6. The van der Waals surface area contributed by atoms with Crippen LogP contribution < -0.4 is 0 Å². The average molecular weight is 372 g/mol. The van der Waals surface area contributed by atoms with E-state index in [-0.39, 0.29) is 0 Å². The smallest absolute Gasteiger partial charge is 0.311 e. The van der Waals surface area contributed by atoms with Crippen LogP contribution in [0, 0.1) is 0 Å². The number of hydrogen-bond donors (Lipinski definition) is 1. The lowest BCUT2D eigenvalue weighted by molar-refractivity contribution is -0.138. The molecule has 4 nitrogen and oxygen atoms in total. The van der Waals surface area contributed by atoms with Crippen molar-refractivity contribution in [2.24, 2.45) is 7.05 Å². The molecule has 1 heterocycles. The van der Waals surface area contributed by atoms with E-state index in [1.54, 1.807) is 11.7 Å². The average Bonchev–Trinajstić information content (AvgIpc) is 2.72. The summed E-state index contributed by atoms with van der Waals surface area (Å²) in [6.45, 7) is 1.97. The van der Waals surface area contributed by atoms with Crippen LogP contribution in [0.5, 0.6) is 0 Å². The first-order valence-electron chi connectivity index (χ1n) is 6.62.